The van der Waals surface area contributed by atoms with E-state index in [0.717, 1.165) is 18.8 Å². The van der Waals surface area contributed by atoms with E-state index in [-0.39, 0.29) is 0 Å². The normalized spacial score (nSPS) is 11.1. The number of anilines is 2. The molecule has 1 aromatic rings. The highest BCUT2D eigenvalue weighted by Crippen LogP contribution is 2.26. The molecule has 1 heterocycles. The number of nitrogens with two attached hydrogens (primary N) is 1. The van der Waals surface area contributed by atoms with Crippen molar-refractivity contribution in [3.05, 3.63) is 5.82 Å². The van der Waals surface area contributed by atoms with Gasteiger partial charge in [0.1, 0.15) is 11.5 Å². The maximum absolute atomic E-state index is 6.07. The van der Waals surface area contributed by atoms with Gasteiger partial charge in [0.25, 0.3) is 0 Å². The molecule has 0 fully saturated rings. The van der Waals surface area contributed by atoms with Crippen molar-refractivity contribution >= 4 is 11.5 Å². The lowest BCUT2D eigenvalue weighted by Gasteiger charge is -2.15. The van der Waals surface area contributed by atoms with Crippen LogP contribution in [0.1, 0.15) is 40.4 Å². The van der Waals surface area contributed by atoms with E-state index in [1.807, 2.05) is 6.92 Å². The molecule has 5 nitrogen and oxygen atoms in total. The predicted octanol–water partition coefficient (Wildman–Crippen LogP) is 2.72. The molecule has 1 aromatic heterocycles. The number of ether oxygens (including phenoxy) is 1. The van der Waals surface area contributed by atoms with Gasteiger partial charge in [-0.05, 0) is 11.8 Å². The molecule has 0 aliphatic rings. The minimum Gasteiger partial charge on any atom is -0.476 e. The average molecular weight is 266 g/mol. The first-order valence-electron chi connectivity index (χ1n) is 6.97. The van der Waals surface area contributed by atoms with Crippen LogP contribution in [0, 0.1) is 11.8 Å². The summed E-state index contributed by atoms with van der Waals surface area (Å²) in [7, 11) is 0. The second-order valence-electron chi connectivity index (χ2n) is 5.54. The number of rotatable bonds is 7. The maximum Gasteiger partial charge on any atom is 0.242 e. The van der Waals surface area contributed by atoms with Crippen LogP contribution >= 0.6 is 0 Å². The van der Waals surface area contributed by atoms with Crippen LogP contribution in [-0.4, -0.2) is 23.1 Å². The van der Waals surface area contributed by atoms with Gasteiger partial charge in [0, 0.05) is 13.0 Å². The van der Waals surface area contributed by atoms with Crippen molar-refractivity contribution in [2.75, 3.05) is 24.2 Å². The van der Waals surface area contributed by atoms with Gasteiger partial charge in [-0.2, -0.15) is 4.98 Å². The molecular formula is C14H26N4O. The van der Waals surface area contributed by atoms with E-state index in [1.54, 1.807) is 0 Å². The van der Waals surface area contributed by atoms with Crippen molar-refractivity contribution in [2.45, 2.75) is 41.0 Å². The molecule has 0 bridgehead atoms. The zero-order chi connectivity index (χ0) is 14.4. The number of aryl methyl sites for hydroxylation is 1. The minimum absolute atomic E-state index is 0.437. The van der Waals surface area contributed by atoms with E-state index >= 15 is 0 Å². The molecule has 19 heavy (non-hydrogen) atoms. The monoisotopic (exact) mass is 266 g/mol. The first-order chi connectivity index (χ1) is 8.93. The van der Waals surface area contributed by atoms with E-state index in [9.17, 15) is 0 Å². The van der Waals surface area contributed by atoms with Gasteiger partial charge in [0.15, 0.2) is 5.82 Å². The molecule has 0 atom stereocenters. The first kappa shape index (κ1) is 15.5. The standard InChI is InChI=1S/C14H26N4O/c1-6-11-17-13(16-7-9(2)3)12(15)14(18-11)19-8-10(4)5/h9-10H,6-8,15H2,1-5H3,(H,16,17,18). The van der Waals surface area contributed by atoms with Crippen LogP contribution in [0.15, 0.2) is 0 Å². The Bertz CT molecular complexity index is 371. The lowest BCUT2D eigenvalue weighted by atomic mass is 10.2. The summed E-state index contributed by atoms with van der Waals surface area (Å²) < 4.78 is 5.67. The molecule has 0 saturated heterocycles. The van der Waals surface area contributed by atoms with E-state index in [4.69, 9.17) is 10.5 Å². The first-order valence-corrected chi connectivity index (χ1v) is 6.97. The van der Waals surface area contributed by atoms with Crippen LogP contribution in [0.4, 0.5) is 11.5 Å². The highest BCUT2D eigenvalue weighted by atomic mass is 16.5. The SMILES string of the molecule is CCc1nc(NCC(C)C)c(N)c(OCC(C)C)n1. The van der Waals surface area contributed by atoms with E-state index in [1.165, 1.54) is 0 Å². The summed E-state index contributed by atoms with van der Waals surface area (Å²) >= 11 is 0. The fourth-order valence-electron chi connectivity index (χ4n) is 1.44. The van der Waals surface area contributed by atoms with Crippen LogP contribution in [0.3, 0.4) is 0 Å². The second kappa shape index (κ2) is 7.16. The van der Waals surface area contributed by atoms with Crippen molar-refractivity contribution in [3.63, 3.8) is 0 Å². The Hall–Kier alpha value is -1.52. The van der Waals surface area contributed by atoms with Gasteiger partial charge >= 0.3 is 0 Å². The summed E-state index contributed by atoms with van der Waals surface area (Å²) in [5.74, 6) is 2.89. The van der Waals surface area contributed by atoms with Crippen LogP contribution in [0.2, 0.25) is 0 Å². The maximum atomic E-state index is 6.07. The van der Waals surface area contributed by atoms with E-state index in [2.05, 4.69) is 43.0 Å². The molecule has 0 spiro atoms. The Labute approximate surface area is 116 Å². The number of nitrogens with one attached hydrogen (secondary N) is 1. The molecule has 0 aromatic carbocycles. The molecule has 108 valence electrons. The topological polar surface area (TPSA) is 73.1 Å². The molecule has 5 heteroatoms. The smallest absolute Gasteiger partial charge is 0.242 e. The summed E-state index contributed by atoms with van der Waals surface area (Å²) in [6.07, 6.45) is 0.759. The summed E-state index contributed by atoms with van der Waals surface area (Å²) in [4.78, 5) is 8.78. The Morgan fingerprint density at radius 1 is 1.16 bits per heavy atom. The Balaban J connectivity index is 2.92. The third-order valence-electron chi connectivity index (χ3n) is 2.50. The Kier molecular flexibility index (Phi) is 5.86. The van der Waals surface area contributed by atoms with Crippen LogP contribution in [0.25, 0.3) is 0 Å². The van der Waals surface area contributed by atoms with Gasteiger partial charge in [-0.3, -0.25) is 0 Å². The molecule has 0 aliphatic heterocycles. The second-order valence-corrected chi connectivity index (χ2v) is 5.54. The average Bonchev–Trinajstić information content (AvgIpc) is 2.35. The molecule has 0 radical (unpaired) electrons. The number of nitrogen functional groups attached to an aromatic ring is 1. The molecule has 0 saturated carbocycles. The van der Waals surface area contributed by atoms with E-state index in [0.29, 0.717) is 35.8 Å². The molecule has 0 aliphatic carbocycles. The molecule has 1 rings (SSSR count). The molecule has 0 unspecified atom stereocenters. The third kappa shape index (κ3) is 4.93. The summed E-state index contributed by atoms with van der Waals surface area (Å²) in [6.45, 7) is 11.9. The summed E-state index contributed by atoms with van der Waals surface area (Å²) in [5, 5.41) is 3.26. The summed E-state index contributed by atoms with van der Waals surface area (Å²) in [5.41, 5.74) is 6.57. The van der Waals surface area contributed by atoms with Crippen LogP contribution in [0.5, 0.6) is 5.88 Å². The highest BCUT2D eigenvalue weighted by Gasteiger charge is 2.13. The minimum atomic E-state index is 0.437. The Morgan fingerprint density at radius 2 is 1.84 bits per heavy atom. The van der Waals surface area contributed by atoms with Crippen molar-refractivity contribution in [1.29, 1.82) is 0 Å². The highest BCUT2D eigenvalue weighted by molar-refractivity contribution is 5.66. The number of hydrogen-bond donors (Lipinski definition) is 2. The quantitative estimate of drug-likeness (QED) is 0.794. The molecule has 0 amide bonds. The number of hydrogen-bond acceptors (Lipinski definition) is 5. The number of nitrogens with zero attached hydrogens (tertiary/aromatic N) is 2. The van der Waals surface area contributed by atoms with Gasteiger partial charge in [-0.15, -0.1) is 0 Å². The van der Waals surface area contributed by atoms with Crippen molar-refractivity contribution < 1.29 is 4.74 Å². The van der Waals surface area contributed by atoms with Gasteiger partial charge in [0.05, 0.1) is 6.61 Å². The lowest BCUT2D eigenvalue weighted by molar-refractivity contribution is 0.262. The van der Waals surface area contributed by atoms with Crippen LogP contribution in [-0.2, 0) is 6.42 Å². The van der Waals surface area contributed by atoms with Crippen molar-refractivity contribution in [1.82, 2.24) is 9.97 Å². The van der Waals surface area contributed by atoms with Gasteiger partial charge in [-0.1, -0.05) is 34.6 Å². The Morgan fingerprint density at radius 3 is 2.37 bits per heavy atom. The van der Waals surface area contributed by atoms with E-state index < -0.39 is 0 Å². The zero-order valence-corrected chi connectivity index (χ0v) is 12.7. The van der Waals surface area contributed by atoms with Gasteiger partial charge in [0.2, 0.25) is 5.88 Å². The number of aromatic nitrogens is 2. The fraction of sp³-hybridized carbons (Fsp3) is 0.714. The van der Waals surface area contributed by atoms with Crippen molar-refractivity contribution in [3.8, 4) is 5.88 Å². The largest absolute Gasteiger partial charge is 0.476 e. The third-order valence-corrected chi connectivity index (χ3v) is 2.50. The molecule has 3 N–H and O–H groups in total. The lowest BCUT2D eigenvalue weighted by Crippen LogP contribution is -2.15. The van der Waals surface area contributed by atoms with Gasteiger partial charge in [-0.25, -0.2) is 4.98 Å². The van der Waals surface area contributed by atoms with Crippen LogP contribution < -0.4 is 15.8 Å². The zero-order valence-electron chi connectivity index (χ0n) is 12.7. The fourth-order valence-corrected chi connectivity index (χ4v) is 1.44. The summed E-state index contributed by atoms with van der Waals surface area (Å²) in [6, 6.07) is 0. The molecular weight excluding hydrogens is 240 g/mol. The predicted molar refractivity (Wildman–Crippen MR) is 79.5 cm³/mol. The van der Waals surface area contributed by atoms with Crippen molar-refractivity contribution in [2.24, 2.45) is 11.8 Å². The van der Waals surface area contributed by atoms with Gasteiger partial charge < -0.3 is 15.8 Å².